The molecule has 2 aromatic rings. The first-order valence-electron chi connectivity index (χ1n) is 6.65. The molecule has 0 atom stereocenters. The number of aromatic nitrogens is 2. The monoisotopic (exact) mass is 337 g/mol. The average Bonchev–Trinajstić information content (AvgIpc) is 2.70. The highest BCUT2D eigenvalue weighted by atomic mass is 79.9. The Labute approximate surface area is 128 Å². The lowest BCUT2D eigenvalue weighted by Gasteiger charge is -2.12. The number of benzene rings is 1. The fourth-order valence-electron chi connectivity index (χ4n) is 2.35. The van der Waals surface area contributed by atoms with Gasteiger partial charge in [-0.3, -0.25) is 0 Å². The molecule has 108 valence electrons. The molecule has 0 amide bonds. The second-order valence-electron chi connectivity index (χ2n) is 4.71. The van der Waals surface area contributed by atoms with Gasteiger partial charge in [-0.2, -0.15) is 5.10 Å². The van der Waals surface area contributed by atoms with Crippen LogP contribution in [0.5, 0.6) is 5.88 Å². The molecule has 0 aliphatic carbocycles. The van der Waals surface area contributed by atoms with E-state index in [1.807, 2.05) is 14.0 Å². The maximum atomic E-state index is 5.41. The summed E-state index contributed by atoms with van der Waals surface area (Å²) in [7, 11) is 3.57. The Balaban J connectivity index is 2.21. The van der Waals surface area contributed by atoms with Gasteiger partial charge in [0.1, 0.15) is 0 Å². The van der Waals surface area contributed by atoms with Crippen LogP contribution in [0.4, 0.5) is 5.69 Å². The molecular weight excluding hydrogens is 318 g/mol. The third-order valence-electron chi connectivity index (χ3n) is 3.39. The molecule has 5 heteroatoms. The van der Waals surface area contributed by atoms with E-state index in [2.05, 4.69) is 51.5 Å². The van der Waals surface area contributed by atoms with Crippen molar-refractivity contribution in [1.82, 2.24) is 9.78 Å². The van der Waals surface area contributed by atoms with Crippen LogP contribution < -0.4 is 10.1 Å². The molecule has 1 aromatic carbocycles. The van der Waals surface area contributed by atoms with Gasteiger partial charge in [0, 0.05) is 23.8 Å². The van der Waals surface area contributed by atoms with Gasteiger partial charge in [0.05, 0.1) is 18.4 Å². The third-order valence-corrected chi connectivity index (χ3v) is 3.88. The van der Waals surface area contributed by atoms with Crippen LogP contribution in [0.1, 0.15) is 23.7 Å². The molecule has 1 N–H and O–H groups in total. The number of hydrogen-bond acceptors (Lipinski definition) is 3. The van der Waals surface area contributed by atoms with E-state index in [-0.39, 0.29) is 0 Å². The standard InChI is InChI=1S/C15H20BrN3O/c1-5-11-8-12(16)6-7-14(11)17-9-13-10(2)18-19(3)15(13)20-4/h6-8,17H,5,9H2,1-4H3. The van der Waals surface area contributed by atoms with Crippen LogP contribution >= 0.6 is 15.9 Å². The largest absolute Gasteiger partial charge is 0.481 e. The van der Waals surface area contributed by atoms with Gasteiger partial charge >= 0.3 is 0 Å². The van der Waals surface area contributed by atoms with E-state index in [1.165, 1.54) is 5.56 Å². The summed E-state index contributed by atoms with van der Waals surface area (Å²) >= 11 is 3.51. The second kappa shape index (κ2) is 6.31. The Morgan fingerprint density at radius 3 is 2.80 bits per heavy atom. The Bertz CT molecular complexity index is 607. The minimum Gasteiger partial charge on any atom is -0.481 e. The van der Waals surface area contributed by atoms with E-state index in [0.717, 1.165) is 33.7 Å². The van der Waals surface area contributed by atoms with Crippen molar-refractivity contribution < 1.29 is 4.74 Å². The molecule has 0 spiro atoms. The van der Waals surface area contributed by atoms with Crippen molar-refractivity contribution in [3.8, 4) is 5.88 Å². The minimum atomic E-state index is 0.706. The van der Waals surface area contributed by atoms with Gasteiger partial charge in [-0.25, -0.2) is 4.68 Å². The van der Waals surface area contributed by atoms with E-state index in [1.54, 1.807) is 11.8 Å². The number of nitrogens with zero attached hydrogens (tertiary/aromatic N) is 2. The first kappa shape index (κ1) is 14.9. The topological polar surface area (TPSA) is 39.1 Å². The van der Waals surface area contributed by atoms with Gasteiger partial charge in [0.25, 0.3) is 0 Å². The van der Waals surface area contributed by atoms with E-state index in [4.69, 9.17) is 4.74 Å². The van der Waals surface area contributed by atoms with Gasteiger partial charge in [0.15, 0.2) is 0 Å². The highest BCUT2D eigenvalue weighted by molar-refractivity contribution is 9.10. The molecule has 0 bridgehead atoms. The highest BCUT2D eigenvalue weighted by Gasteiger charge is 2.13. The highest BCUT2D eigenvalue weighted by Crippen LogP contribution is 2.25. The molecule has 0 aliphatic heterocycles. The number of halogens is 1. The molecular formula is C15H20BrN3O. The summed E-state index contributed by atoms with van der Waals surface area (Å²) in [5, 5.41) is 7.88. The van der Waals surface area contributed by atoms with Crippen LogP contribution in [0.25, 0.3) is 0 Å². The van der Waals surface area contributed by atoms with E-state index < -0.39 is 0 Å². The quantitative estimate of drug-likeness (QED) is 0.904. The lowest BCUT2D eigenvalue weighted by Crippen LogP contribution is -2.04. The number of ether oxygens (including phenoxy) is 1. The van der Waals surface area contributed by atoms with Crippen LogP contribution in [-0.2, 0) is 20.0 Å². The second-order valence-corrected chi connectivity index (χ2v) is 5.62. The van der Waals surface area contributed by atoms with Gasteiger partial charge in [0.2, 0.25) is 5.88 Å². The number of anilines is 1. The summed E-state index contributed by atoms with van der Waals surface area (Å²) in [6.07, 6.45) is 0.991. The van der Waals surface area contributed by atoms with Crippen LogP contribution in [0, 0.1) is 6.92 Å². The van der Waals surface area contributed by atoms with Gasteiger partial charge < -0.3 is 10.1 Å². The molecule has 20 heavy (non-hydrogen) atoms. The molecule has 0 unspecified atom stereocenters. The van der Waals surface area contributed by atoms with Crippen molar-refractivity contribution in [2.75, 3.05) is 12.4 Å². The molecule has 2 rings (SSSR count). The first-order valence-corrected chi connectivity index (χ1v) is 7.44. The van der Waals surface area contributed by atoms with Crippen molar-refractivity contribution in [3.63, 3.8) is 0 Å². The summed E-state index contributed by atoms with van der Waals surface area (Å²) in [5.74, 6) is 0.810. The summed E-state index contributed by atoms with van der Waals surface area (Å²) < 4.78 is 8.29. The fraction of sp³-hybridized carbons (Fsp3) is 0.400. The molecule has 0 fully saturated rings. The maximum Gasteiger partial charge on any atom is 0.216 e. The van der Waals surface area contributed by atoms with Crippen LogP contribution in [-0.4, -0.2) is 16.9 Å². The van der Waals surface area contributed by atoms with Crippen molar-refractivity contribution >= 4 is 21.6 Å². The average molecular weight is 338 g/mol. The summed E-state index contributed by atoms with van der Waals surface area (Å²) in [6, 6.07) is 6.30. The Hall–Kier alpha value is -1.49. The zero-order valence-electron chi connectivity index (χ0n) is 12.3. The molecule has 0 saturated carbocycles. The Morgan fingerprint density at radius 2 is 2.15 bits per heavy atom. The van der Waals surface area contributed by atoms with Crippen molar-refractivity contribution in [2.45, 2.75) is 26.8 Å². The number of nitrogens with one attached hydrogen (secondary N) is 1. The predicted octanol–water partition coefficient (Wildman–Crippen LogP) is 3.67. The molecule has 1 aromatic heterocycles. The minimum absolute atomic E-state index is 0.706. The number of rotatable bonds is 5. The molecule has 0 aliphatic rings. The van der Waals surface area contributed by atoms with Crippen LogP contribution in [0.15, 0.2) is 22.7 Å². The first-order chi connectivity index (χ1) is 9.56. The normalized spacial score (nSPS) is 10.7. The van der Waals surface area contributed by atoms with E-state index in [0.29, 0.717) is 6.54 Å². The Morgan fingerprint density at radius 1 is 1.40 bits per heavy atom. The summed E-state index contributed by atoms with van der Waals surface area (Å²) in [6.45, 7) is 4.86. The zero-order valence-corrected chi connectivity index (χ0v) is 13.9. The number of methoxy groups -OCH3 is 1. The van der Waals surface area contributed by atoms with Crippen LogP contribution in [0.2, 0.25) is 0 Å². The maximum absolute atomic E-state index is 5.41. The number of hydrogen-bond donors (Lipinski definition) is 1. The fourth-order valence-corrected chi connectivity index (χ4v) is 2.76. The van der Waals surface area contributed by atoms with Gasteiger partial charge in [-0.1, -0.05) is 22.9 Å². The van der Waals surface area contributed by atoms with Gasteiger partial charge in [-0.05, 0) is 37.1 Å². The SMILES string of the molecule is CCc1cc(Br)ccc1NCc1c(C)nn(C)c1OC. The van der Waals surface area contributed by atoms with Crippen LogP contribution in [0.3, 0.4) is 0 Å². The predicted molar refractivity (Wildman–Crippen MR) is 85.3 cm³/mol. The zero-order chi connectivity index (χ0) is 14.7. The van der Waals surface area contributed by atoms with Gasteiger partial charge in [-0.15, -0.1) is 0 Å². The molecule has 4 nitrogen and oxygen atoms in total. The number of aryl methyl sites for hydroxylation is 3. The molecule has 1 heterocycles. The molecule has 0 saturated heterocycles. The third kappa shape index (κ3) is 2.98. The lowest BCUT2D eigenvalue weighted by molar-refractivity contribution is 0.370. The summed E-state index contributed by atoms with van der Waals surface area (Å²) in [5.41, 5.74) is 4.54. The summed E-state index contributed by atoms with van der Waals surface area (Å²) in [4.78, 5) is 0. The van der Waals surface area contributed by atoms with E-state index in [9.17, 15) is 0 Å². The van der Waals surface area contributed by atoms with Crippen molar-refractivity contribution in [3.05, 3.63) is 39.5 Å². The Kier molecular flexibility index (Phi) is 4.70. The molecule has 0 radical (unpaired) electrons. The van der Waals surface area contributed by atoms with E-state index >= 15 is 0 Å². The smallest absolute Gasteiger partial charge is 0.216 e. The lowest BCUT2D eigenvalue weighted by atomic mass is 10.1. The van der Waals surface area contributed by atoms with Crippen molar-refractivity contribution in [2.24, 2.45) is 7.05 Å². The van der Waals surface area contributed by atoms with Crippen molar-refractivity contribution in [1.29, 1.82) is 0 Å².